The van der Waals surface area contributed by atoms with E-state index in [0.29, 0.717) is 6.61 Å². The molecule has 1 aromatic heterocycles. The van der Waals surface area contributed by atoms with Crippen molar-refractivity contribution in [2.75, 3.05) is 46.0 Å². The second kappa shape index (κ2) is 5.85. The molecule has 6 heteroatoms. The number of thiazole rings is 1. The Morgan fingerprint density at radius 3 is 3.21 bits per heavy atom. The van der Waals surface area contributed by atoms with Crippen molar-refractivity contribution in [2.24, 2.45) is 0 Å². The molecular weight excluding hydrogens is 262 g/mol. The zero-order valence-corrected chi connectivity index (χ0v) is 12.2. The maximum Gasteiger partial charge on any atom is 0.116 e. The van der Waals surface area contributed by atoms with Gasteiger partial charge in [0.05, 0.1) is 30.5 Å². The molecule has 2 fully saturated rings. The molecule has 5 nitrogen and oxygen atoms in total. The van der Waals surface area contributed by atoms with Crippen LogP contribution in [0.2, 0.25) is 0 Å². The molecule has 3 rings (SSSR count). The molecule has 0 amide bonds. The van der Waals surface area contributed by atoms with Gasteiger partial charge in [-0.1, -0.05) is 0 Å². The van der Waals surface area contributed by atoms with Crippen LogP contribution in [0.4, 0.5) is 0 Å². The molecule has 1 atom stereocenters. The van der Waals surface area contributed by atoms with E-state index in [1.54, 1.807) is 11.3 Å². The number of rotatable bonds is 2. The van der Waals surface area contributed by atoms with Crippen molar-refractivity contribution in [2.45, 2.75) is 19.1 Å². The number of hydrogen-bond acceptors (Lipinski definition) is 6. The Morgan fingerprint density at radius 1 is 1.53 bits per heavy atom. The average molecular weight is 283 g/mol. The summed E-state index contributed by atoms with van der Waals surface area (Å²) in [5.74, 6) is 0. The summed E-state index contributed by atoms with van der Waals surface area (Å²) in [7, 11) is 0. The number of hydrogen-bond donors (Lipinski definition) is 1. The maximum absolute atomic E-state index is 6.01. The van der Waals surface area contributed by atoms with E-state index in [1.807, 2.05) is 0 Å². The van der Waals surface area contributed by atoms with Gasteiger partial charge in [0.2, 0.25) is 0 Å². The SMILES string of the molecule is Cc1nc(CN2CCOCC3(CNCCO3)C2)cs1. The molecule has 1 aromatic rings. The number of aromatic nitrogens is 1. The molecule has 2 saturated heterocycles. The summed E-state index contributed by atoms with van der Waals surface area (Å²) in [4.78, 5) is 6.95. The Hall–Kier alpha value is -0.530. The van der Waals surface area contributed by atoms with Crippen LogP contribution >= 0.6 is 11.3 Å². The fourth-order valence-electron chi connectivity index (χ4n) is 2.73. The highest BCUT2D eigenvalue weighted by Gasteiger charge is 2.37. The molecule has 106 valence electrons. The molecule has 1 unspecified atom stereocenters. The lowest BCUT2D eigenvalue weighted by Gasteiger charge is -2.38. The molecule has 19 heavy (non-hydrogen) atoms. The van der Waals surface area contributed by atoms with Crippen LogP contribution in [0.25, 0.3) is 0 Å². The van der Waals surface area contributed by atoms with Gasteiger partial charge in [-0.2, -0.15) is 0 Å². The zero-order chi connectivity index (χ0) is 13.1. The van der Waals surface area contributed by atoms with Crippen LogP contribution in [0.3, 0.4) is 0 Å². The number of morpholine rings is 1. The smallest absolute Gasteiger partial charge is 0.116 e. The minimum Gasteiger partial charge on any atom is -0.377 e. The van der Waals surface area contributed by atoms with Crippen LogP contribution < -0.4 is 5.32 Å². The lowest BCUT2D eigenvalue weighted by atomic mass is 10.0. The topological polar surface area (TPSA) is 46.6 Å². The average Bonchev–Trinajstić information content (AvgIpc) is 2.71. The first-order valence-electron chi connectivity index (χ1n) is 6.82. The van der Waals surface area contributed by atoms with Crippen LogP contribution in [0.15, 0.2) is 5.38 Å². The van der Waals surface area contributed by atoms with E-state index >= 15 is 0 Å². The molecule has 0 aromatic carbocycles. The summed E-state index contributed by atoms with van der Waals surface area (Å²) in [6, 6.07) is 0. The third-order valence-corrected chi connectivity index (χ3v) is 4.44. The number of nitrogens with one attached hydrogen (secondary N) is 1. The van der Waals surface area contributed by atoms with E-state index in [2.05, 4.69) is 27.5 Å². The quantitative estimate of drug-likeness (QED) is 0.863. The second-order valence-corrected chi connectivity index (χ2v) is 6.39. The Kier molecular flexibility index (Phi) is 4.14. The Bertz CT molecular complexity index is 418. The third kappa shape index (κ3) is 3.32. The van der Waals surface area contributed by atoms with Crippen LogP contribution in [0.5, 0.6) is 0 Å². The number of nitrogens with zero attached hydrogens (tertiary/aromatic N) is 2. The molecule has 2 aliphatic rings. The Balaban J connectivity index is 1.67. The van der Waals surface area contributed by atoms with Gasteiger partial charge in [0.25, 0.3) is 0 Å². The second-order valence-electron chi connectivity index (χ2n) is 5.33. The molecule has 0 bridgehead atoms. The monoisotopic (exact) mass is 283 g/mol. The van der Waals surface area contributed by atoms with Crippen molar-refractivity contribution in [1.82, 2.24) is 15.2 Å². The van der Waals surface area contributed by atoms with Gasteiger partial charge in [0, 0.05) is 38.1 Å². The fourth-order valence-corrected chi connectivity index (χ4v) is 3.33. The van der Waals surface area contributed by atoms with Crippen molar-refractivity contribution in [3.8, 4) is 0 Å². The van der Waals surface area contributed by atoms with E-state index in [0.717, 1.165) is 56.6 Å². The van der Waals surface area contributed by atoms with E-state index < -0.39 is 0 Å². The first-order valence-corrected chi connectivity index (χ1v) is 7.70. The molecular formula is C13H21N3O2S. The van der Waals surface area contributed by atoms with Crippen molar-refractivity contribution < 1.29 is 9.47 Å². The van der Waals surface area contributed by atoms with E-state index in [-0.39, 0.29) is 5.60 Å². The van der Waals surface area contributed by atoms with Gasteiger partial charge >= 0.3 is 0 Å². The minimum atomic E-state index is -0.181. The van der Waals surface area contributed by atoms with Crippen LogP contribution in [0.1, 0.15) is 10.7 Å². The zero-order valence-electron chi connectivity index (χ0n) is 11.4. The largest absolute Gasteiger partial charge is 0.377 e. The van der Waals surface area contributed by atoms with E-state index in [9.17, 15) is 0 Å². The highest BCUT2D eigenvalue weighted by atomic mass is 32.1. The summed E-state index contributed by atoms with van der Waals surface area (Å²) in [5, 5.41) is 6.69. The standard InChI is InChI=1S/C13H21N3O2S/c1-11-15-12(7-19-11)6-16-3-5-17-10-13(9-16)8-14-2-4-18-13/h7,14H,2-6,8-10H2,1H3. The van der Waals surface area contributed by atoms with Crippen molar-refractivity contribution in [3.05, 3.63) is 16.1 Å². The van der Waals surface area contributed by atoms with Crippen molar-refractivity contribution in [3.63, 3.8) is 0 Å². The summed E-state index contributed by atoms with van der Waals surface area (Å²) in [6.07, 6.45) is 0. The highest BCUT2D eigenvalue weighted by Crippen LogP contribution is 2.20. The van der Waals surface area contributed by atoms with Gasteiger partial charge in [0.1, 0.15) is 5.60 Å². The molecule has 0 radical (unpaired) electrons. The fraction of sp³-hybridized carbons (Fsp3) is 0.769. The Labute approximate surface area is 117 Å². The van der Waals surface area contributed by atoms with E-state index in [1.165, 1.54) is 0 Å². The van der Waals surface area contributed by atoms with Crippen molar-refractivity contribution >= 4 is 11.3 Å². The summed E-state index contributed by atoms with van der Waals surface area (Å²) in [6.45, 7) is 8.84. The lowest BCUT2D eigenvalue weighted by Crippen LogP contribution is -2.57. The third-order valence-electron chi connectivity index (χ3n) is 3.62. The molecule has 2 aliphatic heterocycles. The molecule has 1 N–H and O–H groups in total. The summed E-state index contributed by atoms with van der Waals surface area (Å²) < 4.78 is 11.7. The molecule has 1 spiro atoms. The molecule has 0 aliphatic carbocycles. The predicted molar refractivity (Wildman–Crippen MR) is 74.5 cm³/mol. The van der Waals surface area contributed by atoms with Crippen LogP contribution in [0, 0.1) is 6.92 Å². The maximum atomic E-state index is 6.01. The van der Waals surface area contributed by atoms with Gasteiger partial charge in [-0.3, -0.25) is 4.90 Å². The van der Waals surface area contributed by atoms with Gasteiger partial charge in [-0.25, -0.2) is 4.98 Å². The first-order chi connectivity index (χ1) is 9.26. The lowest BCUT2D eigenvalue weighted by molar-refractivity contribution is -0.108. The highest BCUT2D eigenvalue weighted by molar-refractivity contribution is 7.09. The molecule has 3 heterocycles. The van der Waals surface area contributed by atoms with Gasteiger partial charge < -0.3 is 14.8 Å². The normalized spacial score (nSPS) is 29.5. The predicted octanol–water partition coefficient (Wildman–Crippen LogP) is 0.642. The molecule has 0 saturated carbocycles. The van der Waals surface area contributed by atoms with Gasteiger partial charge in [0.15, 0.2) is 0 Å². The van der Waals surface area contributed by atoms with Crippen LogP contribution in [-0.4, -0.2) is 61.5 Å². The summed E-state index contributed by atoms with van der Waals surface area (Å²) >= 11 is 1.71. The first kappa shape index (κ1) is 13.5. The van der Waals surface area contributed by atoms with E-state index in [4.69, 9.17) is 9.47 Å². The number of ether oxygens (including phenoxy) is 2. The van der Waals surface area contributed by atoms with Crippen LogP contribution in [-0.2, 0) is 16.0 Å². The minimum absolute atomic E-state index is 0.181. The summed E-state index contributed by atoms with van der Waals surface area (Å²) in [5.41, 5.74) is 0.975. The Morgan fingerprint density at radius 2 is 2.47 bits per heavy atom. The number of aryl methyl sites for hydroxylation is 1. The van der Waals surface area contributed by atoms with Crippen molar-refractivity contribution in [1.29, 1.82) is 0 Å². The van der Waals surface area contributed by atoms with Gasteiger partial charge in [-0.15, -0.1) is 11.3 Å². The van der Waals surface area contributed by atoms with Gasteiger partial charge in [-0.05, 0) is 6.92 Å².